The molecule has 1 aromatic heterocycles. The molecule has 0 aromatic carbocycles. The van der Waals surface area contributed by atoms with Crippen molar-refractivity contribution < 1.29 is 39.9 Å². The molecule has 1 unspecified atom stereocenters. The third-order valence-corrected chi connectivity index (χ3v) is 5.49. The highest BCUT2D eigenvalue weighted by Gasteiger charge is 2.59. The van der Waals surface area contributed by atoms with E-state index >= 15 is 0 Å². The largest absolute Gasteiger partial charge is 0.401 e. The van der Waals surface area contributed by atoms with Gasteiger partial charge in [-0.2, -0.15) is 39.2 Å². The predicted molar refractivity (Wildman–Crippen MR) is 71.2 cm³/mol. The van der Waals surface area contributed by atoms with Crippen LogP contribution in [0, 0.1) is 11.8 Å². The van der Waals surface area contributed by atoms with Gasteiger partial charge >= 0.3 is 12.4 Å². The molecule has 0 radical (unpaired) electrons. The Morgan fingerprint density at radius 2 is 1.74 bits per heavy atom. The van der Waals surface area contributed by atoms with Crippen molar-refractivity contribution >= 4 is 39.2 Å². The predicted octanol–water partition coefficient (Wildman–Crippen LogP) is 3.51. The molecule has 13 heteroatoms. The van der Waals surface area contributed by atoms with Crippen molar-refractivity contribution in [2.45, 2.75) is 16.6 Å². The number of aliphatic hydroxyl groups excluding tert-OH is 1. The summed E-state index contributed by atoms with van der Waals surface area (Å²) in [5.74, 6) is -6.54. The number of thiophene rings is 1. The highest BCUT2D eigenvalue weighted by molar-refractivity contribution is 7.92. The van der Waals surface area contributed by atoms with Gasteiger partial charge in [0.25, 0.3) is 10.0 Å². The second-order valence-corrected chi connectivity index (χ2v) is 7.77. The Morgan fingerprint density at radius 3 is 2.09 bits per heavy atom. The summed E-state index contributed by atoms with van der Waals surface area (Å²) in [6, 6.07) is 2.17. The number of alkyl halides is 6. The normalized spacial score (nSPS) is 15.5. The highest BCUT2D eigenvalue weighted by atomic mass is 35.5. The quantitative estimate of drug-likeness (QED) is 0.604. The SMILES string of the molecule is O=S(=O)(/N=C/C(CO)C(C(F)(F)F)C(F)(F)F)c1ccc(Cl)s1. The molecule has 0 aliphatic rings. The van der Waals surface area contributed by atoms with Gasteiger partial charge in [0, 0.05) is 12.1 Å². The summed E-state index contributed by atoms with van der Waals surface area (Å²) in [6.07, 6.45) is -11.5. The second-order valence-electron chi connectivity index (χ2n) is 4.20. The first-order chi connectivity index (χ1) is 10.3. The fourth-order valence-electron chi connectivity index (χ4n) is 1.56. The number of nitrogens with zero attached hydrogens (tertiary/aromatic N) is 1. The van der Waals surface area contributed by atoms with Crippen LogP contribution in [0.25, 0.3) is 0 Å². The fourth-order valence-corrected chi connectivity index (χ4v) is 3.95. The van der Waals surface area contributed by atoms with Gasteiger partial charge < -0.3 is 5.11 Å². The van der Waals surface area contributed by atoms with E-state index in [1.807, 2.05) is 0 Å². The minimum Gasteiger partial charge on any atom is -0.396 e. The van der Waals surface area contributed by atoms with Crippen molar-refractivity contribution in [1.82, 2.24) is 0 Å². The van der Waals surface area contributed by atoms with Gasteiger partial charge in [-0.25, -0.2) is 0 Å². The molecule has 0 amide bonds. The van der Waals surface area contributed by atoms with Gasteiger partial charge in [0.05, 0.1) is 10.9 Å². The van der Waals surface area contributed by atoms with Crippen LogP contribution in [0.1, 0.15) is 0 Å². The number of aliphatic hydroxyl groups is 1. The van der Waals surface area contributed by atoms with E-state index in [4.69, 9.17) is 16.7 Å². The van der Waals surface area contributed by atoms with Crippen LogP contribution in [-0.2, 0) is 10.0 Å². The minimum absolute atomic E-state index is 0.0425. The number of sulfonamides is 1. The Balaban J connectivity index is 3.15. The number of hydrogen-bond acceptors (Lipinski definition) is 4. The van der Waals surface area contributed by atoms with Gasteiger partial charge in [0.15, 0.2) is 5.92 Å². The molecule has 0 spiro atoms. The van der Waals surface area contributed by atoms with Crippen LogP contribution in [0.4, 0.5) is 26.3 Å². The number of halogens is 7. The summed E-state index contributed by atoms with van der Waals surface area (Å²) < 4.78 is 101. The summed E-state index contributed by atoms with van der Waals surface area (Å²) in [5, 5.41) is 8.79. The van der Waals surface area contributed by atoms with Crippen molar-refractivity contribution in [2.75, 3.05) is 6.61 Å². The smallest absolute Gasteiger partial charge is 0.396 e. The molecule has 1 aromatic rings. The van der Waals surface area contributed by atoms with Crippen molar-refractivity contribution in [3.63, 3.8) is 0 Å². The van der Waals surface area contributed by atoms with Crippen LogP contribution >= 0.6 is 22.9 Å². The summed E-state index contributed by atoms with van der Waals surface area (Å²) in [6.45, 7) is -1.59. The third kappa shape index (κ3) is 5.33. The zero-order valence-corrected chi connectivity index (χ0v) is 13.2. The van der Waals surface area contributed by atoms with E-state index in [1.54, 1.807) is 0 Å². The summed E-state index contributed by atoms with van der Waals surface area (Å²) in [7, 11) is -4.51. The minimum atomic E-state index is -5.73. The van der Waals surface area contributed by atoms with Crippen molar-refractivity contribution in [1.29, 1.82) is 0 Å². The Kier molecular flexibility index (Phi) is 6.10. The molecular weight excluding hydrogens is 396 g/mol. The maximum Gasteiger partial charge on any atom is 0.401 e. The topological polar surface area (TPSA) is 66.7 Å². The van der Waals surface area contributed by atoms with Gasteiger partial charge in [-0.1, -0.05) is 11.6 Å². The summed E-state index contributed by atoms with van der Waals surface area (Å²) in [5.41, 5.74) is 0. The van der Waals surface area contributed by atoms with E-state index in [-0.39, 0.29) is 10.6 Å². The maximum atomic E-state index is 12.5. The van der Waals surface area contributed by atoms with Crippen LogP contribution in [-0.4, -0.2) is 38.7 Å². The van der Waals surface area contributed by atoms with Crippen LogP contribution in [0.15, 0.2) is 20.7 Å². The molecule has 1 N–H and O–H groups in total. The Labute approximate surface area is 135 Å². The lowest BCUT2D eigenvalue weighted by atomic mass is 9.93. The third-order valence-electron chi connectivity index (χ3n) is 2.54. The first-order valence-corrected chi connectivity index (χ1v) is 8.22. The first-order valence-electron chi connectivity index (χ1n) is 5.59. The molecule has 0 fully saturated rings. The average molecular weight is 404 g/mol. The van der Waals surface area contributed by atoms with E-state index in [9.17, 15) is 34.8 Å². The average Bonchev–Trinajstić information content (AvgIpc) is 2.78. The second kappa shape index (κ2) is 6.95. The van der Waals surface area contributed by atoms with Crippen LogP contribution in [0.3, 0.4) is 0 Å². The first kappa shape index (κ1) is 20.2. The van der Waals surface area contributed by atoms with Gasteiger partial charge in [-0.3, -0.25) is 0 Å². The molecule has 132 valence electrons. The van der Waals surface area contributed by atoms with Crippen molar-refractivity contribution in [2.24, 2.45) is 16.2 Å². The monoisotopic (exact) mass is 403 g/mol. The Morgan fingerprint density at radius 1 is 1.22 bits per heavy atom. The zero-order valence-electron chi connectivity index (χ0n) is 10.8. The molecule has 1 atom stereocenters. The Hall–Kier alpha value is -0.850. The van der Waals surface area contributed by atoms with Crippen molar-refractivity contribution in [3.8, 4) is 0 Å². The van der Waals surface area contributed by atoms with E-state index in [1.165, 1.54) is 6.07 Å². The molecule has 0 saturated heterocycles. The summed E-state index contributed by atoms with van der Waals surface area (Å²) >= 11 is 6.02. The molecular formula is C10H8ClF6NO3S2. The molecule has 1 rings (SSSR count). The standard InChI is InChI=1S/C10H8ClF6NO3S2/c11-6-1-2-7(22-6)23(20,21)18-3-5(4-19)8(9(12,13)14)10(15,16)17/h1-3,5,8,19H,4H2/b18-3+. The van der Waals surface area contributed by atoms with Gasteiger partial charge in [0.1, 0.15) is 4.21 Å². The molecule has 0 bridgehead atoms. The number of rotatable bonds is 5. The van der Waals surface area contributed by atoms with Crippen LogP contribution in [0.2, 0.25) is 4.34 Å². The molecule has 4 nitrogen and oxygen atoms in total. The fraction of sp³-hybridized carbons (Fsp3) is 0.500. The van der Waals surface area contributed by atoms with Gasteiger partial charge in [0.2, 0.25) is 0 Å². The van der Waals surface area contributed by atoms with Crippen molar-refractivity contribution in [3.05, 3.63) is 16.5 Å². The van der Waals surface area contributed by atoms with Gasteiger partial charge in [-0.05, 0) is 12.1 Å². The summed E-state index contributed by atoms with van der Waals surface area (Å²) in [4.78, 5) is 0. The molecule has 0 aliphatic heterocycles. The van der Waals surface area contributed by atoms with Crippen LogP contribution in [0.5, 0.6) is 0 Å². The lowest BCUT2D eigenvalue weighted by Gasteiger charge is -2.27. The molecule has 1 heterocycles. The maximum absolute atomic E-state index is 12.5. The lowest BCUT2D eigenvalue weighted by molar-refractivity contribution is -0.294. The Bertz CT molecular complexity index is 653. The molecule has 0 saturated carbocycles. The van der Waals surface area contributed by atoms with E-state index < -0.39 is 45.0 Å². The van der Waals surface area contributed by atoms with Crippen LogP contribution < -0.4 is 0 Å². The van der Waals surface area contributed by atoms with E-state index in [2.05, 4.69) is 4.40 Å². The molecule has 0 aliphatic carbocycles. The molecule has 23 heavy (non-hydrogen) atoms. The zero-order chi connectivity index (χ0) is 18.1. The highest BCUT2D eigenvalue weighted by Crippen LogP contribution is 2.43. The van der Waals surface area contributed by atoms with E-state index in [0.717, 1.165) is 6.07 Å². The lowest BCUT2D eigenvalue weighted by Crippen LogP contribution is -2.43. The van der Waals surface area contributed by atoms with Gasteiger partial charge in [-0.15, -0.1) is 11.3 Å². The number of hydrogen-bond donors (Lipinski definition) is 1. The van der Waals surface area contributed by atoms with E-state index in [0.29, 0.717) is 11.3 Å².